The highest BCUT2D eigenvalue weighted by molar-refractivity contribution is 9.10. The number of nitrogens with zero attached hydrogens (tertiary/aromatic N) is 4. The van der Waals surface area contributed by atoms with Crippen LogP contribution in [0.1, 0.15) is 29.4 Å². The number of Topliss-reactive ketones (excluding diaryl/α,β-unsaturated/α-hetero) is 1. The molecular formula is C10H7BrF2N4O. The zero-order valence-electron chi connectivity index (χ0n) is 9.14. The highest BCUT2D eigenvalue weighted by atomic mass is 79.9. The molecule has 0 atom stereocenters. The molecule has 0 aromatic carbocycles. The monoisotopic (exact) mass is 316 g/mol. The molecule has 0 saturated heterocycles. The molecule has 94 valence electrons. The minimum absolute atomic E-state index is 0.0966. The number of pyridine rings is 1. The molecule has 2 rings (SSSR count). The molecule has 0 bridgehead atoms. The number of rotatable bonds is 3. The van der Waals surface area contributed by atoms with Crippen molar-refractivity contribution < 1.29 is 13.6 Å². The van der Waals surface area contributed by atoms with E-state index in [1.807, 2.05) is 0 Å². The number of ketones is 1. The predicted molar refractivity (Wildman–Crippen MR) is 61.8 cm³/mol. The molecular weight excluding hydrogens is 310 g/mol. The molecule has 0 fully saturated rings. The highest BCUT2D eigenvalue weighted by Crippen LogP contribution is 2.26. The Morgan fingerprint density at radius 3 is 2.72 bits per heavy atom. The van der Waals surface area contributed by atoms with Crippen LogP contribution in [0.4, 0.5) is 8.78 Å². The van der Waals surface area contributed by atoms with Crippen LogP contribution in [0.3, 0.4) is 0 Å². The Labute approximate surface area is 109 Å². The van der Waals surface area contributed by atoms with Crippen LogP contribution in [0.15, 0.2) is 22.9 Å². The number of hydrogen-bond donors (Lipinski definition) is 0. The van der Waals surface area contributed by atoms with E-state index in [1.165, 1.54) is 25.4 Å². The van der Waals surface area contributed by atoms with E-state index < -0.39 is 6.43 Å². The van der Waals surface area contributed by atoms with Crippen LogP contribution in [-0.4, -0.2) is 25.8 Å². The molecule has 0 aliphatic heterocycles. The molecule has 18 heavy (non-hydrogen) atoms. The number of hydrogen-bond acceptors (Lipinski definition) is 4. The van der Waals surface area contributed by atoms with Crippen molar-refractivity contribution in [1.29, 1.82) is 0 Å². The summed E-state index contributed by atoms with van der Waals surface area (Å²) in [5.74, 6) is -0.391. The molecule has 2 heterocycles. The van der Waals surface area contributed by atoms with Gasteiger partial charge in [-0.15, -0.1) is 9.90 Å². The van der Waals surface area contributed by atoms with E-state index in [0.717, 1.165) is 4.80 Å². The molecule has 0 N–H and O–H groups in total. The summed E-state index contributed by atoms with van der Waals surface area (Å²) in [7, 11) is 0. The Morgan fingerprint density at radius 2 is 2.17 bits per heavy atom. The number of alkyl halides is 2. The van der Waals surface area contributed by atoms with Crippen LogP contribution in [0, 0.1) is 0 Å². The summed E-state index contributed by atoms with van der Waals surface area (Å²) in [6.07, 6.45) is -0.143. The third kappa shape index (κ3) is 2.42. The first-order chi connectivity index (χ1) is 8.49. The van der Waals surface area contributed by atoms with Gasteiger partial charge in [0, 0.05) is 17.6 Å². The molecule has 8 heteroatoms. The fraction of sp³-hybridized carbons (Fsp3) is 0.200. The highest BCUT2D eigenvalue weighted by Gasteiger charge is 2.18. The van der Waals surface area contributed by atoms with Crippen molar-refractivity contribution in [2.75, 3.05) is 0 Å². The van der Waals surface area contributed by atoms with Gasteiger partial charge in [0.15, 0.2) is 11.6 Å². The molecule has 2 aromatic rings. The van der Waals surface area contributed by atoms with Gasteiger partial charge in [-0.1, -0.05) is 0 Å². The summed E-state index contributed by atoms with van der Waals surface area (Å²) >= 11 is 3.07. The SMILES string of the molecule is CC(=O)c1cnn(-c2ncc(Br)cc2C(F)F)n1. The number of carbonyl (C=O) groups is 1. The van der Waals surface area contributed by atoms with Crippen LogP contribution in [0.5, 0.6) is 0 Å². The van der Waals surface area contributed by atoms with Crippen molar-refractivity contribution in [2.24, 2.45) is 0 Å². The van der Waals surface area contributed by atoms with Crippen molar-refractivity contribution >= 4 is 21.7 Å². The first-order valence-electron chi connectivity index (χ1n) is 4.86. The largest absolute Gasteiger partial charge is 0.293 e. The Hall–Kier alpha value is -1.70. The summed E-state index contributed by atoms with van der Waals surface area (Å²) in [6.45, 7) is 1.32. The van der Waals surface area contributed by atoms with E-state index in [0.29, 0.717) is 4.47 Å². The first kappa shape index (κ1) is 12.7. The molecule has 0 amide bonds. The normalized spacial score (nSPS) is 10.9. The van der Waals surface area contributed by atoms with Crippen molar-refractivity contribution in [3.8, 4) is 5.82 Å². The van der Waals surface area contributed by atoms with Gasteiger partial charge in [-0.2, -0.15) is 5.10 Å². The summed E-state index contributed by atoms with van der Waals surface area (Å²) in [6, 6.07) is 1.24. The summed E-state index contributed by atoms with van der Waals surface area (Å²) < 4.78 is 26.2. The van der Waals surface area contributed by atoms with Gasteiger partial charge < -0.3 is 0 Å². The second kappa shape index (κ2) is 4.89. The second-order valence-corrected chi connectivity index (χ2v) is 4.36. The first-order valence-corrected chi connectivity index (χ1v) is 5.65. The van der Waals surface area contributed by atoms with E-state index in [4.69, 9.17) is 0 Å². The molecule has 2 aromatic heterocycles. The molecule has 0 spiro atoms. The van der Waals surface area contributed by atoms with Crippen molar-refractivity contribution in [3.63, 3.8) is 0 Å². The van der Waals surface area contributed by atoms with Gasteiger partial charge in [0.1, 0.15) is 5.69 Å². The Kier molecular flexibility index (Phi) is 3.46. The molecule has 0 aliphatic rings. The zero-order valence-corrected chi connectivity index (χ0v) is 10.7. The number of halogens is 3. The fourth-order valence-electron chi connectivity index (χ4n) is 1.30. The maximum Gasteiger partial charge on any atom is 0.267 e. The molecule has 0 unspecified atom stereocenters. The van der Waals surface area contributed by atoms with Gasteiger partial charge in [-0.3, -0.25) is 4.79 Å². The third-order valence-electron chi connectivity index (χ3n) is 2.14. The van der Waals surface area contributed by atoms with E-state index in [-0.39, 0.29) is 22.9 Å². The minimum Gasteiger partial charge on any atom is -0.293 e. The van der Waals surface area contributed by atoms with E-state index in [1.54, 1.807) is 0 Å². The fourth-order valence-corrected chi connectivity index (χ4v) is 1.65. The average Bonchev–Trinajstić information content (AvgIpc) is 2.78. The van der Waals surface area contributed by atoms with Crippen LogP contribution in [0.2, 0.25) is 0 Å². The summed E-state index contributed by atoms with van der Waals surface area (Å²) in [5.41, 5.74) is -0.213. The van der Waals surface area contributed by atoms with Gasteiger partial charge in [-0.05, 0) is 22.0 Å². The lowest BCUT2D eigenvalue weighted by molar-refractivity contribution is 0.101. The summed E-state index contributed by atoms with van der Waals surface area (Å²) in [4.78, 5) is 15.8. The van der Waals surface area contributed by atoms with Crippen LogP contribution >= 0.6 is 15.9 Å². The van der Waals surface area contributed by atoms with Gasteiger partial charge in [0.2, 0.25) is 0 Å². The van der Waals surface area contributed by atoms with E-state index in [9.17, 15) is 13.6 Å². The average molecular weight is 317 g/mol. The Morgan fingerprint density at radius 1 is 1.44 bits per heavy atom. The van der Waals surface area contributed by atoms with Gasteiger partial charge >= 0.3 is 0 Å². The van der Waals surface area contributed by atoms with E-state index >= 15 is 0 Å². The van der Waals surface area contributed by atoms with Gasteiger partial charge in [-0.25, -0.2) is 13.8 Å². The van der Waals surface area contributed by atoms with E-state index in [2.05, 4.69) is 31.1 Å². The summed E-state index contributed by atoms with van der Waals surface area (Å²) in [5, 5.41) is 7.55. The lowest BCUT2D eigenvalue weighted by atomic mass is 10.3. The van der Waals surface area contributed by atoms with Crippen LogP contribution in [-0.2, 0) is 0 Å². The lowest BCUT2D eigenvalue weighted by Crippen LogP contribution is -2.07. The standard InChI is InChI=1S/C10H7BrF2N4O/c1-5(18)8-4-15-17(16-8)10-7(9(12)13)2-6(11)3-14-10/h2-4,9H,1H3. The van der Waals surface area contributed by atoms with Crippen molar-refractivity contribution in [2.45, 2.75) is 13.3 Å². The van der Waals surface area contributed by atoms with Crippen molar-refractivity contribution in [3.05, 3.63) is 34.2 Å². The van der Waals surface area contributed by atoms with Gasteiger partial charge in [0.05, 0.1) is 11.8 Å². The zero-order chi connectivity index (χ0) is 13.3. The number of aromatic nitrogens is 4. The third-order valence-corrected chi connectivity index (χ3v) is 2.57. The molecule has 5 nitrogen and oxygen atoms in total. The maximum absolute atomic E-state index is 12.9. The van der Waals surface area contributed by atoms with Crippen LogP contribution in [0.25, 0.3) is 5.82 Å². The number of carbonyl (C=O) groups excluding carboxylic acids is 1. The maximum atomic E-state index is 12.9. The molecule has 0 aliphatic carbocycles. The van der Waals surface area contributed by atoms with Crippen molar-refractivity contribution in [1.82, 2.24) is 20.0 Å². The smallest absolute Gasteiger partial charge is 0.267 e. The van der Waals surface area contributed by atoms with Gasteiger partial charge in [0.25, 0.3) is 6.43 Å². The lowest BCUT2D eigenvalue weighted by Gasteiger charge is -2.06. The Balaban J connectivity index is 2.52. The Bertz CT molecular complexity index is 599. The quantitative estimate of drug-likeness (QED) is 0.816. The molecule has 0 radical (unpaired) electrons. The second-order valence-electron chi connectivity index (χ2n) is 3.44. The minimum atomic E-state index is -2.71. The van der Waals surface area contributed by atoms with Crippen LogP contribution < -0.4 is 0 Å². The topological polar surface area (TPSA) is 60.7 Å². The predicted octanol–water partition coefficient (Wildman–Crippen LogP) is 2.57. The molecule has 0 saturated carbocycles.